The van der Waals surface area contributed by atoms with E-state index in [0.29, 0.717) is 6.42 Å². The first kappa shape index (κ1) is 13.1. The van der Waals surface area contributed by atoms with Gasteiger partial charge in [0.05, 0.1) is 6.61 Å². The van der Waals surface area contributed by atoms with Crippen molar-refractivity contribution in [1.29, 1.82) is 0 Å². The Hall–Kier alpha value is -0.860. The van der Waals surface area contributed by atoms with E-state index in [4.69, 9.17) is 0 Å². The molecule has 0 aromatic carbocycles. The van der Waals surface area contributed by atoms with Crippen molar-refractivity contribution in [3.8, 4) is 0 Å². The maximum absolute atomic E-state index is 12.9. The summed E-state index contributed by atoms with van der Waals surface area (Å²) in [5.41, 5.74) is 0. The number of rotatable bonds is 7. The number of carbonyl (C=O) groups is 1. The number of carbonyl (C=O) groups excluding carboxylic acids is 1. The summed E-state index contributed by atoms with van der Waals surface area (Å²) in [5, 5.41) is 0. The van der Waals surface area contributed by atoms with Crippen LogP contribution in [0.15, 0.2) is 11.9 Å². The van der Waals surface area contributed by atoms with E-state index in [9.17, 15) is 9.18 Å². The largest absolute Gasteiger partial charge is 0.461 e. The summed E-state index contributed by atoms with van der Waals surface area (Å²) in [6, 6.07) is 0. The molecule has 0 aliphatic rings. The molecule has 0 amide bonds. The molecule has 0 saturated heterocycles. The molecule has 14 heavy (non-hydrogen) atoms. The van der Waals surface area contributed by atoms with Crippen LogP contribution in [-0.2, 0) is 9.53 Å². The molecule has 0 saturated carbocycles. The van der Waals surface area contributed by atoms with Gasteiger partial charge < -0.3 is 4.74 Å². The molecule has 0 N–H and O–H groups in total. The van der Waals surface area contributed by atoms with E-state index in [2.05, 4.69) is 11.7 Å². The van der Waals surface area contributed by atoms with Gasteiger partial charge in [-0.2, -0.15) is 4.39 Å². The van der Waals surface area contributed by atoms with Crippen molar-refractivity contribution >= 4 is 5.97 Å². The van der Waals surface area contributed by atoms with Gasteiger partial charge in [0.15, 0.2) is 0 Å². The Balaban J connectivity index is 3.60. The lowest BCUT2D eigenvalue weighted by atomic mass is 10.1. The molecule has 3 heteroatoms. The minimum absolute atomic E-state index is 0.218. The van der Waals surface area contributed by atoms with E-state index in [1.165, 1.54) is 6.08 Å². The van der Waals surface area contributed by atoms with Crippen LogP contribution in [0.4, 0.5) is 4.39 Å². The second-order valence-corrected chi connectivity index (χ2v) is 3.12. The Morgan fingerprint density at radius 2 is 2.00 bits per heavy atom. The van der Waals surface area contributed by atoms with E-state index >= 15 is 0 Å². The molecule has 2 nitrogen and oxygen atoms in total. The molecule has 0 bridgehead atoms. The fourth-order valence-electron chi connectivity index (χ4n) is 1.08. The second-order valence-electron chi connectivity index (χ2n) is 3.12. The van der Waals surface area contributed by atoms with E-state index in [0.717, 1.165) is 25.7 Å². The average Bonchev–Trinajstić information content (AvgIpc) is 2.17. The predicted molar refractivity (Wildman–Crippen MR) is 54.6 cm³/mol. The number of allylic oxidation sites excluding steroid dienone is 1. The van der Waals surface area contributed by atoms with Gasteiger partial charge in [-0.25, -0.2) is 4.79 Å². The number of esters is 1. The van der Waals surface area contributed by atoms with Crippen molar-refractivity contribution in [1.82, 2.24) is 0 Å². The molecule has 0 heterocycles. The van der Waals surface area contributed by atoms with Crippen molar-refractivity contribution in [2.24, 2.45) is 0 Å². The van der Waals surface area contributed by atoms with Crippen molar-refractivity contribution in [3.63, 3.8) is 0 Å². The first-order valence-electron chi connectivity index (χ1n) is 5.25. The van der Waals surface area contributed by atoms with Crippen LogP contribution in [0.1, 0.15) is 46.0 Å². The molecule has 0 aliphatic heterocycles. The van der Waals surface area contributed by atoms with Crippen LogP contribution in [0, 0.1) is 0 Å². The zero-order chi connectivity index (χ0) is 10.8. The number of ether oxygens (including phenoxy) is 1. The average molecular weight is 202 g/mol. The molecule has 0 aliphatic carbocycles. The van der Waals surface area contributed by atoms with Gasteiger partial charge in [-0.3, -0.25) is 0 Å². The fraction of sp³-hybridized carbons (Fsp3) is 0.727. The molecule has 0 atom stereocenters. The summed E-state index contributed by atoms with van der Waals surface area (Å²) in [5.74, 6) is -1.61. The van der Waals surface area contributed by atoms with Crippen LogP contribution in [0.3, 0.4) is 0 Å². The van der Waals surface area contributed by atoms with Gasteiger partial charge in [0.1, 0.15) is 0 Å². The van der Waals surface area contributed by atoms with Crippen LogP contribution in [0.2, 0.25) is 0 Å². The van der Waals surface area contributed by atoms with Crippen LogP contribution in [0.25, 0.3) is 0 Å². The monoisotopic (exact) mass is 202 g/mol. The third-order valence-electron chi connectivity index (χ3n) is 1.85. The van der Waals surface area contributed by atoms with E-state index in [1.807, 2.05) is 0 Å². The molecule has 0 radical (unpaired) electrons. The topological polar surface area (TPSA) is 26.3 Å². The quantitative estimate of drug-likeness (QED) is 0.359. The standard InChI is InChI=1S/C11H19FO2/c1-3-5-6-7-8-9-10(12)11(13)14-4-2/h9H,3-8H2,1-2H3/b10-9+. The summed E-state index contributed by atoms with van der Waals surface area (Å²) >= 11 is 0. The highest BCUT2D eigenvalue weighted by molar-refractivity contribution is 5.85. The maximum Gasteiger partial charge on any atom is 0.366 e. The third-order valence-corrected chi connectivity index (χ3v) is 1.85. The minimum atomic E-state index is -0.844. The van der Waals surface area contributed by atoms with Crippen LogP contribution in [-0.4, -0.2) is 12.6 Å². The number of hydrogen-bond donors (Lipinski definition) is 0. The van der Waals surface area contributed by atoms with Gasteiger partial charge in [0.2, 0.25) is 5.83 Å². The van der Waals surface area contributed by atoms with Crippen molar-refractivity contribution < 1.29 is 13.9 Å². The molecule has 0 aromatic heterocycles. The SMILES string of the molecule is CCCCCC/C=C(/F)C(=O)OCC. The molecular weight excluding hydrogens is 183 g/mol. The summed E-state index contributed by atoms with van der Waals surface area (Å²) in [6.07, 6.45) is 6.26. The van der Waals surface area contributed by atoms with Crippen molar-refractivity contribution in [3.05, 3.63) is 11.9 Å². The number of hydrogen-bond acceptors (Lipinski definition) is 2. The lowest BCUT2D eigenvalue weighted by Crippen LogP contribution is -2.03. The number of unbranched alkanes of at least 4 members (excludes halogenated alkanes) is 4. The Labute approximate surface area is 85.1 Å². The molecular formula is C11H19FO2. The second kappa shape index (κ2) is 8.73. The smallest absolute Gasteiger partial charge is 0.366 e. The van der Waals surface area contributed by atoms with Gasteiger partial charge in [0.25, 0.3) is 0 Å². The Bertz CT molecular complexity index is 188. The number of halogens is 1. The summed E-state index contributed by atoms with van der Waals surface area (Å²) in [6.45, 7) is 4.00. The zero-order valence-electron chi connectivity index (χ0n) is 9.01. The van der Waals surface area contributed by atoms with Crippen molar-refractivity contribution in [2.45, 2.75) is 46.0 Å². The highest BCUT2D eigenvalue weighted by Crippen LogP contribution is 2.07. The van der Waals surface area contributed by atoms with Crippen molar-refractivity contribution in [2.75, 3.05) is 6.61 Å². The van der Waals surface area contributed by atoms with Crippen LogP contribution >= 0.6 is 0 Å². The Morgan fingerprint density at radius 1 is 1.29 bits per heavy atom. The van der Waals surface area contributed by atoms with E-state index in [1.54, 1.807) is 6.92 Å². The summed E-state index contributed by atoms with van der Waals surface area (Å²) < 4.78 is 17.4. The highest BCUT2D eigenvalue weighted by Gasteiger charge is 2.07. The molecule has 82 valence electrons. The first-order valence-corrected chi connectivity index (χ1v) is 5.25. The van der Waals surface area contributed by atoms with E-state index in [-0.39, 0.29) is 6.61 Å². The van der Waals surface area contributed by atoms with Gasteiger partial charge >= 0.3 is 5.97 Å². The normalized spacial score (nSPS) is 11.5. The highest BCUT2D eigenvalue weighted by atomic mass is 19.1. The molecule has 0 rings (SSSR count). The molecule has 0 spiro atoms. The molecule has 0 unspecified atom stereocenters. The lowest BCUT2D eigenvalue weighted by Gasteiger charge is -1.98. The Kier molecular flexibility index (Phi) is 8.19. The van der Waals surface area contributed by atoms with Gasteiger partial charge in [-0.1, -0.05) is 26.2 Å². The first-order chi connectivity index (χ1) is 6.72. The van der Waals surface area contributed by atoms with Crippen LogP contribution < -0.4 is 0 Å². The van der Waals surface area contributed by atoms with Gasteiger partial charge in [-0.15, -0.1) is 0 Å². The van der Waals surface area contributed by atoms with Crippen LogP contribution in [0.5, 0.6) is 0 Å². The molecule has 0 fully saturated rings. The van der Waals surface area contributed by atoms with Gasteiger partial charge in [0, 0.05) is 0 Å². The summed E-state index contributed by atoms with van der Waals surface area (Å²) in [7, 11) is 0. The zero-order valence-corrected chi connectivity index (χ0v) is 9.01. The lowest BCUT2D eigenvalue weighted by molar-refractivity contribution is -0.140. The molecule has 0 aromatic rings. The minimum Gasteiger partial charge on any atom is -0.461 e. The summed E-state index contributed by atoms with van der Waals surface area (Å²) in [4.78, 5) is 10.8. The van der Waals surface area contributed by atoms with Gasteiger partial charge in [-0.05, 0) is 25.8 Å². The predicted octanol–water partition coefficient (Wildman–Crippen LogP) is 3.37. The maximum atomic E-state index is 12.9. The Morgan fingerprint density at radius 3 is 2.57 bits per heavy atom. The third kappa shape index (κ3) is 6.63. The fourth-order valence-corrected chi connectivity index (χ4v) is 1.08. The van der Waals surface area contributed by atoms with E-state index < -0.39 is 11.8 Å².